The summed E-state index contributed by atoms with van der Waals surface area (Å²) in [6.45, 7) is 0. The van der Waals surface area contributed by atoms with Gasteiger partial charge in [0.25, 0.3) is 0 Å². The summed E-state index contributed by atoms with van der Waals surface area (Å²) in [5.74, 6) is 0.777. The summed E-state index contributed by atoms with van der Waals surface area (Å²) >= 11 is 1.44. The maximum absolute atomic E-state index is 12.6. The van der Waals surface area contributed by atoms with Gasteiger partial charge in [-0.3, -0.25) is 9.20 Å². The third-order valence-electron chi connectivity index (χ3n) is 5.07. The predicted octanol–water partition coefficient (Wildman–Crippen LogP) is 6.12. The molecule has 0 spiro atoms. The van der Waals surface area contributed by atoms with Crippen LogP contribution in [0, 0.1) is 0 Å². The van der Waals surface area contributed by atoms with Crippen molar-refractivity contribution in [2.24, 2.45) is 0 Å². The molecule has 3 aromatic heterocycles. The van der Waals surface area contributed by atoms with Crippen molar-refractivity contribution in [1.29, 1.82) is 0 Å². The minimum atomic E-state index is -0.0126. The summed E-state index contributed by atoms with van der Waals surface area (Å²) in [5.41, 5.74) is 3.52. The molecule has 2 aromatic carbocycles. The first-order valence-corrected chi connectivity index (χ1v) is 10.4. The molecule has 0 aliphatic heterocycles. The van der Waals surface area contributed by atoms with Gasteiger partial charge in [0, 0.05) is 17.1 Å². The number of ketones is 1. The molecule has 30 heavy (non-hydrogen) atoms. The number of allylic oxidation sites excluding steroid dienone is 1. The number of methoxy groups -OCH3 is 1. The van der Waals surface area contributed by atoms with E-state index in [-0.39, 0.29) is 5.78 Å². The van der Waals surface area contributed by atoms with Crippen molar-refractivity contribution in [2.75, 3.05) is 7.11 Å². The minimum Gasteiger partial charge on any atom is -0.497 e. The Morgan fingerprint density at radius 2 is 1.87 bits per heavy atom. The van der Waals surface area contributed by atoms with Crippen molar-refractivity contribution in [3.63, 3.8) is 0 Å². The van der Waals surface area contributed by atoms with Crippen molar-refractivity contribution in [2.45, 2.75) is 0 Å². The number of carbonyl (C=O) groups excluding carboxylic acids is 1. The van der Waals surface area contributed by atoms with Crippen LogP contribution in [-0.2, 0) is 0 Å². The number of imidazole rings is 1. The zero-order valence-electron chi connectivity index (χ0n) is 16.3. The molecule has 146 valence electrons. The fraction of sp³-hybridized carbons (Fsp3) is 0.0400. The molecule has 0 atom stereocenters. The van der Waals surface area contributed by atoms with Crippen LogP contribution < -0.4 is 4.74 Å². The molecular weight excluding hydrogens is 392 g/mol. The van der Waals surface area contributed by atoms with Gasteiger partial charge in [-0.1, -0.05) is 30.3 Å². The van der Waals surface area contributed by atoms with E-state index in [0.29, 0.717) is 0 Å². The van der Waals surface area contributed by atoms with Gasteiger partial charge in [0.15, 0.2) is 5.78 Å². The third kappa shape index (κ3) is 3.19. The zero-order chi connectivity index (χ0) is 20.5. The fourth-order valence-electron chi connectivity index (χ4n) is 3.56. The standard InChI is InChI=1S/C25H18N2O2S/c1-29-19-10-8-18(9-11-19)24-21(12-13-22(28)23-7-4-16-30-23)27-15-14-17-5-2-3-6-20(17)25(27)26-24/h2-16H,1H3. The average Bonchev–Trinajstić information content (AvgIpc) is 3.46. The molecule has 5 aromatic rings. The van der Waals surface area contributed by atoms with Gasteiger partial charge >= 0.3 is 0 Å². The number of thiophene rings is 1. The lowest BCUT2D eigenvalue weighted by Crippen LogP contribution is -1.92. The van der Waals surface area contributed by atoms with Gasteiger partial charge in [-0.05, 0) is 59.3 Å². The molecule has 0 aliphatic rings. The number of carbonyl (C=O) groups is 1. The van der Waals surface area contributed by atoms with Crippen LogP contribution in [0.1, 0.15) is 15.4 Å². The van der Waals surface area contributed by atoms with E-state index in [1.54, 1.807) is 13.2 Å². The Hall–Kier alpha value is -3.70. The van der Waals surface area contributed by atoms with E-state index in [9.17, 15) is 4.79 Å². The second kappa shape index (κ2) is 7.61. The topological polar surface area (TPSA) is 43.6 Å². The molecule has 0 saturated heterocycles. The predicted molar refractivity (Wildman–Crippen MR) is 122 cm³/mol. The number of hydrogen-bond acceptors (Lipinski definition) is 4. The maximum Gasteiger partial charge on any atom is 0.195 e. The van der Waals surface area contributed by atoms with Gasteiger partial charge in [-0.15, -0.1) is 11.3 Å². The Balaban J connectivity index is 1.71. The van der Waals surface area contributed by atoms with Crippen LogP contribution in [-0.4, -0.2) is 22.3 Å². The molecule has 0 saturated carbocycles. The summed E-state index contributed by atoms with van der Waals surface area (Å²) in [7, 11) is 1.65. The molecule has 0 unspecified atom stereocenters. The third-order valence-corrected chi connectivity index (χ3v) is 5.96. The van der Waals surface area contributed by atoms with Crippen molar-refractivity contribution < 1.29 is 9.53 Å². The summed E-state index contributed by atoms with van der Waals surface area (Å²) in [5, 5.41) is 4.10. The number of hydrogen-bond donors (Lipinski definition) is 0. The molecule has 3 heterocycles. The fourth-order valence-corrected chi connectivity index (χ4v) is 4.21. The average molecular weight is 410 g/mol. The molecule has 0 amide bonds. The summed E-state index contributed by atoms with van der Waals surface area (Å²) in [4.78, 5) is 18.2. The molecule has 0 bridgehead atoms. The first-order chi connectivity index (χ1) is 14.7. The lowest BCUT2D eigenvalue weighted by atomic mass is 10.1. The molecule has 5 rings (SSSR count). The smallest absolute Gasteiger partial charge is 0.195 e. The monoisotopic (exact) mass is 410 g/mol. The number of ether oxygens (including phenoxy) is 1. The second-order valence-corrected chi connectivity index (χ2v) is 7.79. The van der Waals surface area contributed by atoms with E-state index >= 15 is 0 Å². The van der Waals surface area contributed by atoms with Gasteiger partial charge in [0.05, 0.1) is 23.4 Å². The Bertz CT molecular complexity index is 1380. The van der Waals surface area contributed by atoms with Gasteiger partial charge < -0.3 is 4.74 Å². The number of benzene rings is 2. The van der Waals surface area contributed by atoms with Gasteiger partial charge in [0.1, 0.15) is 11.4 Å². The van der Waals surface area contributed by atoms with E-state index < -0.39 is 0 Å². The number of rotatable bonds is 5. The highest BCUT2D eigenvalue weighted by Gasteiger charge is 2.15. The highest BCUT2D eigenvalue weighted by molar-refractivity contribution is 7.12. The van der Waals surface area contributed by atoms with Crippen LogP contribution in [0.3, 0.4) is 0 Å². The Labute approximate surface area is 177 Å². The summed E-state index contributed by atoms with van der Waals surface area (Å²) < 4.78 is 7.33. The summed E-state index contributed by atoms with van der Waals surface area (Å²) in [6.07, 6.45) is 5.49. The molecule has 0 radical (unpaired) electrons. The largest absolute Gasteiger partial charge is 0.497 e. The number of fused-ring (bicyclic) bond motifs is 3. The lowest BCUT2D eigenvalue weighted by Gasteiger charge is -2.03. The highest BCUT2D eigenvalue weighted by atomic mass is 32.1. The van der Waals surface area contributed by atoms with Crippen LogP contribution in [0.4, 0.5) is 0 Å². The van der Waals surface area contributed by atoms with E-state index in [0.717, 1.165) is 44.0 Å². The highest BCUT2D eigenvalue weighted by Crippen LogP contribution is 2.30. The maximum atomic E-state index is 12.6. The number of pyridine rings is 1. The van der Waals surface area contributed by atoms with Crippen LogP contribution in [0.25, 0.3) is 33.8 Å². The molecule has 5 heteroatoms. The quantitative estimate of drug-likeness (QED) is 0.259. The van der Waals surface area contributed by atoms with Crippen LogP contribution in [0.2, 0.25) is 0 Å². The lowest BCUT2D eigenvalue weighted by molar-refractivity contribution is 0.105. The second-order valence-electron chi connectivity index (χ2n) is 6.85. The first kappa shape index (κ1) is 18.3. The van der Waals surface area contributed by atoms with Crippen LogP contribution in [0.15, 0.2) is 84.4 Å². The van der Waals surface area contributed by atoms with Gasteiger partial charge in [-0.2, -0.15) is 0 Å². The molecule has 4 nitrogen and oxygen atoms in total. The molecular formula is C25H18N2O2S. The summed E-state index contributed by atoms with van der Waals surface area (Å²) in [6, 6.07) is 21.8. The van der Waals surface area contributed by atoms with E-state index in [4.69, 9.17) is 9.72 Å². The molecule has 0 fully saturated rings. The van der Waals surface area contributed by atoms with Crippen molar-refractivity contribution >= 4 is 39.6 Å². The van der Waals surface area contributed by atoms with Crippen molar-refractivity contribution in [1.82, 2.24) is 9.38 Å². The molecule has 0 N–H and O–H groups in total. The van der Waals surface area contributed by atoms with E-state index in [2.05, 4.69) is 18.2 Å². The Morgan fingerprint density at radius 3 is 2.63 bits per heavy atom. The number of aromatic nitrogens is 2. The normalized spacial score (nSPS) is 11.5. The van der Waals surface area contributed by atoms with Crippen molar-refractivity contribution in [3.05, 3.63) is 95.0 Å². The minimum absolute atomic E-state index is 0.0126. The zero-order valence-corrected chi connectivity index (χ0v) is 17.1. The van der Waals surface area contributed by atoms with Crippen LogP contribution in [0.5, 0.6) is 5.75 Å². The van der Waals surface area contributed by atoms with Crippen molar-refractivity contribution in [3.8, 4) is 17.0 Å². The SMILES string of the molecule is COc1ccc(-c2nc3c4ccccc4ccn3c2C=CC(=O)c2cccs2)cc1. The Morgan fingerprint density at radius 1 is 1.03 bits per heavy atom. The van der Waals surface area contributed by atoms with Crippen LogP contribution >= 0.6 is 11.3 Å². The molecule has 0 aliphatic carbocycles. The Kier molecular flexibility index (Phi) is 4.65. The van der Waals surface area contributed by atoms with Gasteiger partial charge in [-0.25, -0.2) is 4.98 Å². The van der Waals surface area contributed by atoms with Gasteiger partial charge in [0.2, 0.25) is 0 Å². The number of nitrogens with zero attached hydrogens (tertiary/aromatic N) is 2. The van der Waals surface area contributed by atoms with E-state index in [1.807, 2.05) is 70.6 Å². The first-order valence-electron chi connectivity index (χ1n) is 9.55. The van der Waals surface area contributed by atoms with E-state index in [1.165, 1.54) is 11.3 Å².